The van der Waals surface area contributed by atoms with Crippen molar-refractivity contribution >= 4 is 11.3 Å². The Bertz CT molecular complexity index is 580. The largest absolute Gasteiger partial charge is 0.494 e. The molecule has 2 rings (SSSR count). The predicted molar refractivity (Wildman–Crippen MR) is 89.1 cm³/mol. The maximum absolute atomic E-state index is 5.67. The summed E-state index contributed by atoms with van der Waals surface area (Å²) in [5.74, 6) is 0.952. The Hall–Kier alpha value is -1.39. The number of aromatic nitrogens is 1. The Kier molecular flexibility index (Phi) is 5.76. The number of aryl methyl sites for hydroxylation is 2. The van der Waals surface area contributed by atoms with Gasteiger partial charge in [0, 0.05) is 17.5 Å². The summed E-state index contributed by atoms with van der Waals surface area (Å²) in [5.41, 5.74) is 2.38. The van der Waals surface area contributed by atoms with Crippen LogP contribution in [0, 0.1) is 13.8 Å². The second-order valence-corrected chi connectivity index (χ2v) is 6.52. The van der Waals surface area contributed by atoms with Crippen LogP contribution in [0.15, 0.2) is 24.3 Å². The number of thiazole rings is 1. The van der Waals surface area contributed by atoms with Crippen LogP contribution < -0.4 is 10.1 Å². The Morgan fingerprint density at radius 2 is 2.14 bits per heavy atom. The molecule has 1 N–H and O–H groups in total. The van der Waals surface area contributed by atoms with Gasteiger partial charge in [-0.15, -0.1) is 11.3 Å². The smallest absolute Gasteiger partial charge is 0.119 e. The van der Waals surface area contributed by atoms with Crippen molar-refractivity contribution in [2.75, 3.05) is 6.61 Å². The highest BCUT2D eigenvalue weighted by atomic mass is 32.1. The van der Waals surface area contributed by atoms with Crippen LogP contribution in [0.2, 0.25) is 0 Å². The van der Waals surface area contributed by atoms with Gasteiger partial charge in [0.05, 0.1) is 17.3 Å². The molecule has 0 aliphatic rings. The van der Waals surface area contributed by atoms with E-state index in [2.05, 4.69) is 56.2 Å². The quantitative estimate of drug-likeness (QED) is 0.823. The first-order valence-electron chi connectivity index (χ1n) is 7.49. The topological polar surface area (TPSA) is 34.1 Å². The molecule has 0 spiro atoms. The van der Waals surface area contributed by atoms with E-state index in [-0.39, 0.29) is 0 Å². The van der Waals surface area contributed by atoms with E-state index >= 15 is 0 Å². The summed E-state index contributed by atoms with van der Waals surface area (Å²) in [7, 11) is 0. The average molecular weight is 304 g/mol. The summed E-state index contributed by atoms with van der Waals surface area (Å²) < 4.78 is 5.67. The van der Waals surface area contributed by atoms with Gasteiger partial charge in [-0.2, -0.15) is 0 Å². The van der Waals surface area contributed by atoms with Crippen LogP contribution in [0.25, 0.3) is 0 Å². The van der Waals surface area contributed by atoms with Gasteiger partial charge in [-0.05, 0) is 44.9 Å². The van der Waals surface area contributed by atoms with Crippen LogP contribution in [0.5, 0.6) is 5.75 Å². The highest BCUT2D eigenvalue weighted by Crippen LogP contribution is 2.24. The SMILES string of the molecule is CCCOc1cccc(CNC(C)c2sc(C)nc2C)c1. The highest BCUT2D eigenvalue weighted by Gasteiger charge is 2.12. The lowest BCUT2D eigenvalue weighted by Crippen LogP contribution is -2.17. The molecule has 0 saturated carbocycles. The minimum Gasteiger partial charge on any atom is -0.494 e. The van der Waals surface area contributed by atoms with Crippen molar-refractivity contribution in [1.82, 2.24) is 10.3 Å². The molecule has 1 heterocycles. The third-order valence-corrected chi connectivity index (χ3v) is 4.57. The zero-order valence-electron chi connectivity index (χ0n) is 13.3. The number of hydrogen-bond acceptors (Lipinski definition) is 4. The fourth-order valence-corrected chi connectivity index (χ4v) is 3.23. The summed E-state index contributed by atoms with van der Waals surface area (Å²) in [4.78, 5) is 5.82. The molecule has 0 amide bonds. The van der Waals surface area contributed by atoms with E-state index in [0.717, 1.165) is 36.0 Å². The highest BCUT2D eigenvalue weighted by molar-refractivity contribution is 7.11. The van der Waals surface area contributed by atoms with Gasteiger partial charge in [-0.25, -0.2) is 4.98 Å². The molecule has 1 aromatic carbocycles. The first-order chi connectivity index (χ1) is 10.1. The zero-order chi connectivity index (χ0) is 15.2. The predicted octanol–water partition coefficient (Wildman–Crippen LogP) is 4.40. The standard InChI is InChI=1S/C17H24N2OS/c1-5-9-20-16-8-6-7-15(10-16)11-18-12(2)17-13(3)19-14(4)21-17/h6-8,10,12,18H,5,9,11H2,1-4H3. The number of benzene rings is 1. The molecule has 21 heavy (non-hydrogen) atoms. The van der Waals surface area contributed by atoms with Crippen molar-refractivity contribution in [3.8, 4) is 5.75 Å². The lowest BCUT2D eigenvalue weighted by molar-refractivity contribution is 0.317. The number of ether oxygens (including phenoxy) is 1. The molecule has 2 aromatic rings. The lowest BCUT2D eigenvalue weighted by Gasteiger charge is -2.13. The number of hydrogen-bond donors (Lipinski definition) is 1. The molecular formula is C17H24N2OS. The monoisotopic (exact) mass is 304 g/mol. The third kappa shape index (κ3) is 4.55. The van der Waals surface area contributed by atoms with Crippen molar-refractivity contribution < 1.29 is 4.74 Å². The molecule has 1 unspecified atom stereocenters. The van der Waals surface area contributed by atoms with E-state index < -0.39 is 0 Å². The van der Waals surface area contributed by atoms with Crippen LogP contribution >= 0.6 is 11.3 Å². The zero-order valence-corrected chi connectivity index (χ0v) is 14.1. The van der Waals surface area contributed by atoms with Crippen LogP contribution in [0.4, 0.5) is 0 Å². The maximum atomic E-state index is 5.67. The molecule has 3 nitrogen and oxygen atoms in total. The van der Waals surface area contributed by atoms with E-state index in [4.69, 9.17) is 4.74 Å². The fourth-order valence-electron chi connectivity index (χ4n) is 2.28. The van der Waals surface area contributed by atoms with E-state index in [1.807, 2.05) is 6.07 Å². The lowest BCUT2D eigenvalue weighted by atomic mass is 10.2. The Balaban J connectivity index is 1.94. The second-order valence-electron chi connectivity index (χ2n) is 5.28. The number of rotatable bonds is 7. The molecular weight excluding hydrogens is 280 g/mol. The Morgan fingerprint density at radius 1 is 1.33 bits per heavy atom. The van der Waals surface area contributed by atoms with Crippen LogP contribution in [-0.4, -0.2) is 11.6 Å². The normalized spacial score (nSPS) is 12.4. The number of nitrogens with zero attached hydrogens (tertiary/aromatic N) is 1. The van der Waals surface area contributed by atoms with Gasteiger partial charge in [0.15, 0.2) is 0 Å². The first kappa shape index (κ1) is 16.0. The van der Waals surface area contributed by atoms with Crippen molar-refractivity contribution in [2.24, 2.45) is 0 Å². The van der Waals surface area contributed by atoms with E-state index in [1.54, 1.807) is 11.3 Å². The molecule has 0 bridgehead atoms. The molecule has 1 atom stereocenters. The molecule has 0 radical (unpaired) electrons. The van der Waals surface area contributed by atoms with Gasteiger partial charge < -0.3 is 10.1 Å². The van der Waals surface area contributed by atoms with Crippen molar-refractivity contribution in [1.29, 1.82) is 0 Å². The summed E-state index contributed by atoms with van der Waals surface area (Å²) in [5, 5.41) is 4.70. The summed E-state index contributed by atoms with van der Waals surface area (Å²) in [6.45, 7) is 10.1. The Labute approximate surface area is 131 Å². The number of nitrogens with one attached hydrogen (secondary N) is 1. The molecule has 4 heteroatoms. The van der Waals surface area contributed by atoms with E-state index in [0.29, 0.717) is 6.04 Å². The van der Waals surface area contributed by atoms with Crippen molar-refractivity contribution in [2.45, 2.75) is 46.7 Å². The van der Waals surface area contributed by atoms with E-state index in [1.165, 1.54) is 10.4 Å². The molecule has 114 valence electrons. The van der Waals surface area contributed by atoms with Crippen LogP contribution in [0.3, 0.4) is 0 Å². The third-order valence-electron chi connectivity index (χ3n) is 3.32. The summed E-state index contributed by atoms with van der Waals surface area (Å²) in [6.07, 6.45) is 1.03. The molecule has 1 aromatic heterocycles. The van der Waals surface area contributed by atoms with Gasteiger partial charge in [0.1, 0.15) is 5.75 Å². The molecule has 0 aliphatic carbocycles. The maximum Gasteiger partial charge on any atom is 0.119 e. The van der Waals surface area contributed by atoms with Crippen molar-refractivity contribution in [3.05, 3.63) is 45.4 Å². The van der Waals surface area contributed by atoms with Gasteiger partial charge in [0.2, 0.25) is 0 Å². The van der Waals surface area contributed by atoms with Gasteiger partial charge in [-0.1, -0.05) is 19.1 Å². The summed E-state index contributed by atoms with van der Waals surface area (Å²) >= 11 is 1.77. The van der Waals surface area contributed by atoms with Crippen LogP contribution in [0.1, 0.15) is 47.5 Å². The van der Waals surface area contributed by atoms with Crippen molar-refractivity contribution in [3.63, 3.8) is 0 Å². The summed E-state index contributed by atoms with van der Waals surface area (Å²) in [6, 6.07) is 8.62. The molecule has 0 fully saturated rings. The molecule has 0 aliphatic heterocycles. The second kappa shape index (κ2) is 7.57. The van der Waals surface area contributed by atoms with Gasteiger partial charge in [0.25, 0.3) is 0 Å². The minimum atomic E-state index is 0.316. The van der Waals surface area contributed by atoms with Crippen LogP contribution in [-0.2, 0) is 6.54 Å². The fraction of sp³-hybridized carbons (Fsp3) is 0.471. The van der Waals surface area contributed by atoms with E-state index in [9.17, 15) is 0 Å². The minimum absolute atomic E-state index is 0.316. The van der Waals surface area contributed by atoms with Gasteiger partial charge >= 0.3 is 0 Å². The Morgan fingerprint density at radius 3 is 2.81 bits per heavy atom. The van der Waals surface area contributed by atoms with Gasteiger partial charge in [-0.3, -0.25) is 0 Å². The first-order valence-corrected chi connectivity index (χ1v) is 8.31. The average Bonchev–Trinajstić information content (AvgIpc) is 2.82. The molecule has 0 saturated heterocycles.